The molecule has 6 nitrogen and oxygen atoms in total. The zero-order chi connectivity index (χ0) is 17.6. The van der Waals surface area contributed by atoms with Crippen LogP contribution in [0, 0.1) is 11.8 Å². The first-order valence-electron chi connectivity index (χ1n) is 8.81. The molecule has 3 N–H and O–H groups in total. The Morgan fingerprint density at radius 1 is 1.36 bits per heavy atom. The molecule has 0 radical (unpaired) electrons. The number of nitrogens with one attached hydrogen (secondary N) is 2. The molecule has 1 aromatic heterocycles. The number of halogens is 1. The van der Waals surface area contributed by atoms with Crippen molar-refractivity contribution in [3.05, 3.63) is 24.5 Å². The van der Waals surface area contributed by atoms with Crippen molar-refractivity contribution in [2.45, 2.75) is 33.6 Å². The van der Waals surface area contributed by atoms with Gasteiger partial charge >= 0.3 is 0 Å². The molecule has 7 heteroatoms. The number of rotatable bonds is 11. The van der Waals surface area contributed by atoms with Crippen molar-refractivity contribution < 1.29 is 9.84 Å². The van der Waals surface area contributed by atoms with E-state index in [0.29, 0.717) is 25.0 Å². The van der Waals surface area contributed by atoms with Crippen LogP contribution in [0.5, 0.6) is 5.75 Å². The second kappa shape index (κ2) is 15.2. The summed E-state index contributed by atoms with van der Waals surface area (Å²) in [5.41, 5.74) is 0. The first kappa shape index (κ1) is 23.9. The van der Waals surface area contributed by atoms with Gasteiger partial charge in [-0.05, 0) is 43.7 Å². The van der Waals surface area contributed by atoms with Crippen LogP contribution in [0.15, 0.2) is 29.5 Å². The Morgan fingerprint density at radius 3 is 2.76 bits per heavy atom. The van der Waals surface area contributed by atoms with Crippen LogP contribution in [0.2, 0.25) is 0 Å². The molecule has 1 atom stereocenters. The molecule has 0 aliphatic carbocycles. The Kier molecular flexibility index (Phi) is 14.5. The normalized spacial score (nSPS) is 12.4. The molecule has 0 saturated heterocycles. The molecular weight excluding hydrogens is 431 g/mol. The van der Waals surface area contributed by atoms with E-state index in [1.807, 2.05) is 19.1 Å². The molecule has 0 amide bonds. The van der Waals surface area contributed by atoms with E-state index in [0.717, 1.165) is 37.6 Å². The number of guanidine groups is 1. The Hall–Kier alpha value is -1.09. The van der Waals surface area contributed by atoms with Crippen molar-refractivity contribution in [1.82, 2.24) is 15.6 Å². The Labute approximate surface area is 168 Å². The summed E-state index contributed by atoms with van der Waals surface area (Å²) in [5.74, 6) is 2.58. The number of nitrogens with zero attached hydrogens (tertiary/aromatic N) is 2. The third kappa shape index (κ3) is 12.0. The molecule has 0 aliphatic heterocycles. The van der Waals surface area contributed by atoms with Crippen molar-refractivity contribution in [3.8, 4) is 5.75 Å². The standard InChI is InChI=1S/C18H32N4O2.HI/c1-4-20-18(22-13-16(7-10-23)12-15(2)3)21-9-11-24-17-6-5-8-19-14-17;/h5-6,8,14-16,23H,4,7,9-13H2,1-3H3,(H2,20,21,22);1H. The topological polar surface area (TPSA) is 78.8 Å². The molecule has 0 fully saturated rings. The lowest BCUT2D eigenvalue weighted by Crippen LogP contribution is -2.39. The summed E-state index contributed by atoms with van der Waals surface area (Å²) < 4.78 is 5.61. The Bertz CT molecular complexity index is 458. The van der Waals surface area contributed by atoms with Gasteiger partial charge in [0.15, 0.2) is 5.96 Å². The van der Waals surface area contributed by atoms with Crippen LogP contribution < -0.4 is 15.4 Å². The van der Waals surface area contributed by atoms with E-state index in [2.05, 4.69) is 34.5 Å². The first-order chi connectivity index (χ1) is 11.7. The molecule has 144 valence electrons. The van der Waals surface area contributed by atoms with Crippen LogP contribution in [-0.2, 0) is 0 Å². The fraction of sp³-hybridized carbons (Fsp3) is 0.667. The number of aromatic nitrogens is 1. The molecule has 0 spiro atoms. The predicted molar refractivity (Wildman–Crippen MR) is 114 cm³/mol. The molecule has 0 aromatic carbocycles. The third-order valence-electron chi connectivity index (χ3n) is 3.49. The van der Waals surface area contributed by atoms with Gasteiger partial charge in [0.2, 0.25) is 0 Å². The highest BCUT2D eigenvalue weighted by atomic mass is 127. The minimum atomic E-state index is 0. The SMILES string of the molecule is CCNC(=NCC(CCO)CC(C)C)NCCOc1cccnc1.I. The van der Waals surface area contributed by atoms with Crippen molar-refractivity contribution in [1.29, 1.82) is 0 Å². The molecule has 1 aromatic rings. The number of hydrogen-bond acceptors (Lipinski definition) is 4. The number of aliphatic imine (C=N–C) groups is 1. The van der Waals surface area contributed by atoms with Gasteiger partial charge < -0.3 is 20.5 Å². The van der Waals surface area contributed by atoms with Crippen LogP contribution in [0.4, 0.5) is 0 Å². The monoisotopic (exact) mass is 464 g/mol. The molecule has 25 heavy (non-hydrogen) atoms. The van der Waals surface area contributed by atoms with Gasteiger partial charge in [0.1, 0.15) is 12.4 Å². The second-order valence-corrected chi connectivity index (χ2v) is 6.19. The minimum Gasteiger partial charge on any atom is -0.490 e. The summed E-state index contributed by atoms with van der Waals surface area (Å²) >= 11 is 0. The van der Waals surface area contributed by atoms with E-state index in [9.17, 15) is 5.11 Å². The van der Waals surface area contributed by atoms with Crippen LogP contribution in [-0.4, -0.2) is 48.9 Å². The van der Waals surface area contributed by atoms with E-state index in [4.69, 9.17) is 4.74 Å². The van der Waals surface area contributed by atoms with E-state index < -0.39 is 0 Å². The van der Waals surface area contributed by atoms with Crippen molar-refractivity contribution >= 4 is 29.9 Å². The number of aliphatic hydroxyl groups excluding tert-OH is 1. The average molecular weight is 464 g/mol. The van der Waals surface area contributed by atoms with Gasteiger partial charge in [0.05, 0.1) is 12.7 Å². The smallest absolute Gasteiger partial charge is 0.191 e. The van der Waals surface area contributed by atoms with Gasteiger partial charge in [-0.25, -0.2) is 0 Å². The van der Waals surface area contributed by atoms with E-state index in [1.54, 1.807) is 12.4 Å². The average Bonchev–Trinajstić information content (AvgIpc) is 2.57. The molecule has 1 unspecified atom stereocenters. The van der Waals surface area contributed by atoms with Crippen LogP contribution >= 0.6 is 24.0 Å². The maximum Gasteiger partial charge on any atom is 0.191 e. The molecule has 1 heterocycles. The number of pyridine rings is 1. The van der Waals surface area contributed by atoms with E-state index in [1.165, 1.54) is 0 Å². The van der Waals surface area contributed by atoms with Gasteiger partial charge in [-0.1, -0.05) is 13.8 Å². The highest BCUT2D eigenvalue weighted by Crippen LogP contribution is 2.15. The third-order valence-corrected chi connectivity index (χ3v) is 3.49. The van der Waals surface area contributed by atoms with Gasteiger partial charge in [0, 0.05) is 25.9 Å². The van der Waals surface area contributed by atoms with E-state index >= 15 is 0 Å². The summed E-state index contributed by atoms with van der Waals surface area (Å²) in [7, 11) is 0. The molecule has 0 saturated carbocycles. The molecule has 0 aliphatic rings. The highest BCUT2D eigenvalue weighted by Gasteiger charge is 2.10. The summed E-state index contributed by atoms with van der Waals surface area (Å²) in [4.78, 5) is 8.66. The van der Waals surface area contributed by atoms with Gasteiger partial charge in [-0.15, -0.1) is 24.0 Å². The summed E-state index contributed by atoms with van der Waals surface area (Å²) in [6.45, 7) is 9.40. The predicted octanol–water partition coefficient (Wildman–Crippen LogP) is 2.68. The summed E-state index contributed by atoms with van der Waals surface area (Å²) in [6.07, 6.45) is 5.30. The van der Waals surface area contributed by atoms with Crippen LogP contribution in [0.1, 0.15) is 33.6 Å². The van der Waals surface area contributed by atoms with Crippen LogP contribution in [0.3, 0.4) is 0 Å². The number of hydrogen-bond donors (Lipinski definition) is 3. The second-order valence-electron chi connectivity index (χ2n) is 6.19. The maximum atomic E-state index is 9.20. The zero-order valence-electron chi connectivity index (χ0n) is 15.6. The van der Waals surface area contributed by atoms with Gasteiger partial charge in [-0.2, -0.15) is 0 Å². The molecule has 1 rings (SSSR count). The van der Waals surface area contributed by atoms with Crippen LogP contribution in [0.25, 0.3) is 0 Å². The lowest BCUT2D eigenvalue weighted by atomic mass is 9.94. The van der Waals surface area contributed by atoms with Crippen molar-refractivity contribution in [2.75, 3.05) is 32.8 Å². The fourth-order valence-corrected chi connectivity index (χ4v) is 2.47. The maximum absolute atomic E-state index is 9.20. The van der Waals surface area contributed by atoms with Gasteiger partial charge in [0.25, 0.3) is 0 Å². The number of ether oxygens (including phenoxy) is 1. The Balaban J connectivity index is 0.00000576. The molecule has 0 bridgehead atoms. The zero-order valence-corrected chi connectivity index (χ0v) is 17.9. The Morgan fingerprint density at radius 2 is 2.16 bits per heavy atom. The molecular formula is C18H33IN4O2. The first-order valence-corrected chi connectivity index (χ1v) is 8.81. The number of aliphatic hydroxyl groups is 1. The summed E-state index contributed by atoms with van der Waals surface area (Å²) in [6, 6.07) is 3.74. The lowest BCUT2D eigenvalue weighted by Gasteiger charge is -2.17. The lowest BCUT2D eigenvalue weighted by molar-refractivity contribution is 0.245. The highest BCUT2D eigenvalue weighted by molar-refractivity contribution is 14.0. The van der Waals surface area contributed by atoms with Gasteiger partial charge in [-0.3, -0.25) is 9.98 Å². The van der Waals surface area contributed by atoms with E-state index in [-0.39, 0.29) is 30.6 Å². The van der Waals surface area contributed by atoms with Crippen molar-refractivity contribution in [3.63, 3.8) is 0 Å². The quantitative estimate of drug-likeness (QED) is 0.203. The summed E-state index contributed by atoms with van der Waals surface area (Å²) in [5, 5.41) is 15.7. The van der Waals surface area contributed by atoms with Crippen molar-refractivity contribution in [2.24, 2.45) is 16.8 Å². The minimum absolute atomic E-state index is 0. The fourth-order valence-electron chi connectivity index (χ4n) is 2.47. The largest absolute Gasteiger partial charge is 0.490 e.